The van der Waals surface area contributed by atoms with Crippen molar-refractivity contribution in [3.05, 3.63) is 87.9 Å². The minimum absolute atomic E-state index is 0.0511. The van der Waals surface area contributed by atoms with Crippen molar-refractivity contribution in [1.29, 1.82) is 0 Å². The molecule has 214 valence electrons. The Labute approximate surface area is 250 Å². The normalized spacial score (nSPS) is 12.1. The van der Waals surface area contributed by atoms with Crippen molar-refractivity contribution in [3.8, 4) is 0 Å². The van der Waals surface area contributed by atoms with E-state index in [4.69, 9.17) is 23.2 Å². The monoisotopic (exact) mass is 621 g/mol. The van der Waals surface area contributed by atoms with Crippen LogP contribution in [-0.4, -0.2) is 50.5 Å². The predicted octanol–water partition coefficient (Wildman–Crippen LogP) is 6.16. The Hall–Kier alpha value is -2.72. The van der Waals surface area contributed by atoms with Crippen molar-refractivity contribution in [2.45, 2.75) is 49.6 Å². The van der Waals surface area contributed by atoms with Crippen LogP contribution in [0.3, 0.4) is 0 Å². The number of sulfonamides is 1. The predicted molar refractivity (Wildman–Crippen MR) is 164 cm³/mol. The fraction of sp³-hybridized carbons (Fsp3) is 0.310. The summed E-state index contributed by atoms with van der Waals surface area (Å²) in [6, 6.07) is 17.5. The Morgan fingerprint density at radius 2 is 1.55 bits per heavy atom. The molecule has 3 aromatic carbocycles. The highest BCUT2D eigenvalue weighted by Gasteiger charge is 2.34. The maximum absolute atomic E-state index is 14.1. The van der Waals surface area contributed by atoms with Crippen LogP contribution in [0, 0.1) is 6.92 Å². The molecule has 0 bridgehead atoms. The van der Waals surface area contributed by atoms with Crippen LogP contribution in [0.15, 0.2) is 76.5 Å². The van der Waals surface area contributed by atoms with Gasteiger partial charge in [-0.05, 0) is 75.1 Å². The van der Waals surface area contributed by atoms with Crippen LogP contribution in [0.5, 0.6) is 0 Å². The molecule has 0 radical (unpaired) electrons. The molecule has 0 aromatic heterocycles. The molecule has 1 unspecified atom stereocenters. The van der Waals surface area contributed by atoms with Crippen molar-refractivity contribution in [2.75, 3.05) is 23.7 Å². The van der Waals surface area contributed by atoms with Gasteiger partial charge in [0.15, 0.2) is 0 Å². The number of carbonyl (C=O) groups excluding carboxylic acids is 2. The summed E-state index contributed by atoms with van der Waals surface area (Å²) in [4.78, 5) is 29.4. The van der Waals surface area contributed by atoms with Gasteiger partial charge in [0.05, 0.1) is 10.6 Å². The van der Waals surface area contributed by atoms with Gasteiger partial charge in [-0.15, -0.1) is 11.8 Å². The Morgan fingerprint density at radius 1 is 0.950 bits per heavy atom. The van der Waals surface area contributed by atoms with Gasteiger partial charge < -0.3 is 10.2 Å². The van der Waals surface area contributed by atoms with Gasteiger partial charge in [0.1, 0.15) is 12.6 Å². The highest BCUT2D eigenvalue weighted by atomic mass is 35.5. The van der Waals surface area contributed by atoms with Crippen LogP contribution in [0.4, 0.5) is 5.69 Å². The van der Waals surface area contributed by atoms with Gasteiger partial charge in [-0.3, -0.25) is 13.9 Å². The first-order valence-electron chi connectivity index (χ1n) is 12.8. The van der Waals surface area contributed by atoms with Gasteiger partial charge in [-0.2, -0.15) is 0 Å². The molecule has 0 saturated heterocycles. The molecule has 0 saturated carbocycles. The van der Waals surface area contributed by atoms with E-state index in [1.807, 2.05) is 13.2 Å². The zero-order chi connectivity index (χ0) is 29.4. The number of amides is 2. The van der Waals surface area contributed by atoms with Gasteiger partial charge in [0, 0.05) is 33.6 Å². The number of hydrogen-bond acceptors (Lipinski definition) is 5. The van der Waals surface area contributed by atoms with Crippen molar-refractivity contribution < 1.29 is 18.0 Å². The number of rotatable bonds is 12. The Kier molecular flexibility index (Phi) is 11.3. The summed E-state index contributed by atoms with van der Waals surface area (Å²) in [5.74, 6) is -0.919. The molecule has 3 rings (SSSR count). The maximum atomic E-state index is 14.1. The fourth-order valence-corrected chi connectivity index (χ4v) is 6.52. The summed E-state index contributed by atoms with van der Waals surface area (Å²) in [5, 5.41) is 3.45. The zero-order valence-electron chi connectivity index (χ0n) is 22.9. The van der Waals surface area contributed by atoms with Crippen molar-refractivity contribution in [1.82, 2.24) is 10.2 Å². The van der Waals surface area contributed by atoms with Crippen LogP contribution in [-0.2, 0) is 26.2 Å². The summed E-state index contributed by atoms with van der Waals surface area (Å²) in [6.45, 7) is 5.24. The van der Waals surface area contributed by atoms with E-state index in [-0.39, 0.29) is 17.3 Å². The molecule has 0 aliphatic carbocycles. The van der Waals surface area contributed by atoms with E-state index in [2.05, 4.69) is 5.32 Å². The largest absolute Gasteiger partial charge is 0.355 e. The van der Waals surface area contributed by atoms with Gasteiger partial charge in [-0.1, -0.05) is 53.9 Å². The lowest BCUT2D eigenvalue weighted by Crippen LogP contribution is -2.52. The molecule has 11 heteroatoms. The molecule has 0 aliphatic rings. The van der Waals surface area contributed by atoms with E-state index in [1.54, 1.807) is 68.4 Å². The number of likely N-dealkylation sites (N-methyl/N-ethyl adjacent to an activating group) is 1. The molecule has 0 heterocycles. The van der Waals surface area contributed by atoms with Gasteiger partial charge >= 0.3 is 0 Å². The number of thioether (sulfide) groups is 1. The van der Waals surface area contributed by atoms with E-state index in [9.17, 15) is 18.0 Å². The van der Waals surface area contributed by atoms with Crippen LogP contribution < -0.4 is 9.62 Å². The standard InChI is InChI=1S/C29H33Cl2N3O4S2/c1-5-27(29(36)32-6-2)33(18-24-25(30)8-7-9-26(24)31)28(35)19-34(21-12-10-20(3)11-13-21)40(37,38)23-16-14-22(39-4)15-17-23/h7-17,27H,5-6,18-19H2,1-4H3,(H,32,36). The molecule has 0 spiro atoms. The molecule has 3 aromatic rings. The molecule has 40 heavy (non-hydrogen) atoms. The van der Waals surface area contributed by atoms with Gasteiger partial charge in [0.25, 0.3) is 10.0 Å². The van der Waals surface area contributed by atoms with Crippen molar-refractivity contribution >= 4 is 62.5 Å². The smallest absolute Gasteiger partial charge is 0.264 e. The number of nitrogens with one attached hydrogen (secondary N) is 1. The molecule has 0 aliphatic heterocycles. The Balaban J connectivity index is 2.09. The lowest BCUT2D eigenvalue weighted by Gasteiger charge is -2.33. The van der Waals surface area contributed by atoms with E-state index < -0.39 is 28.5 Å². The third-order valence-electron chi connectivity index (χ3n) is 6.38. The lowest BCUT2D eigenvalue weighted by molar-refractivity contribution is -0.140. The number of nitrogens with zero attached hydrogens (tertiary/aromatic N) is 2. The number of hydrogen-bond donors (Lipinski definition) is 1. The van der Waals surface area contributed by atoms with E-state index in [0.717, 1.165) is 14.8 Å². The number of aryl methyl sites for hydroxylation is 1. The first kappa shape index (κ1) is 31.8. The average molecular weight is 623 g/mol. The summed E-state index contributed by atoms with van der Waals surface area (Å²) in [6.07, 6.45) is 2.20. The molecule has 1 atom stereocenters. The van der Waals surface area contributed by atoms with Crippen LogP contribution in [0.1, 0.15) is 31.4 Å². The van der Waals surface area contributed by atoms with Crippen molar-refractivity contribution in [3.63, 3.8) is 0 Å². The molecule has 0 fully saturated rings. The summed E-state index contributed by atoms with van der Waals surface area (Å²) < 4.78 is 29.0. The molecule has 1 N–H and O–H groups in total. The number of anilines is 1. The Morgan fingerprint density at radius 3 is 2.08 bits per heavy atom. The highest BCUT2D eigenvalue weighted by Crippen LogP contribution is 2.29. The number of carbonyl (C=O) groups is 2. The third kappa shape index (κ3) is 7.51. The van der Waals surface area contributed by atoms with Crippen molar-refractivity contribution in [2.24, 2.45) is 0 Å². The summed E-state index contributed by atoms with van der Waals surface area (Å²) >= 11 is 14.4. The zero-order valence-corrected chi connectivity index (χ0v) is 26.0. The molecular weight excluding hydrogens is 589 g/mol. The second kappa shape index (κ2) is 14.3. The van der Waals surface area contributed by atoms with E-state index in [1.165, 1.54) is 28.8 Å². The van der Waals surface area contributed by atoms with Crippen LogP contribution in [0.25, 0.3) is 0 Å². The Bertz CT molecular complexity index is 1410. The maximum Gasteiger partial charge on any atom is 0.264 e. The fourth-order valence-electron chi connectivity index (χ4n) is 4.18. The quantitative estimate of drug-likeness (QED) is 0.245. The summed E-state index contributed by atoms with van der Waals surface area (Å²) in [5.41, 5.74) is 1.74. The van der Waals surface area contributed by atoms with Gasteiger partial charge in [0.2, 0.25) is 11.8 Å². The topological polar surface area (TPSA) is 86.8 Å². The first-order chi connectivity index (χ1) is 19.0. The lowest BCUT2D eigenvalue weighted by atomic mass is 10.1. The number of benzene rings is 3. The minimum atomic E-state index is -4.15. The van der Waals surface area contributed by atoms with Crippen LogP contribution >= 0.6 is 35.0 Å². The second-order valence-electron chi connectivity index (χ2n) is 9.06. The molecule has 2 amide bonds. The van der Waals surface area contributed by atoms with Gasteiger partial charge in [-0.25, -0.2) is 8.42 Å². The SMILES string of the molecule is CCNC(=O)C(CC)N(Cc1c(Cl)cccc1Cl)C(=O)CN(c1ccc(C)cc1)S(=O)(=O)c1ccc(SC)cc1. The summed E-state index contributed by atoms with van der Waals surface area (Å²) in [7, 11) is -4.15. The molecular formula is C29H33Cl2N3O4S2. The number of halogens is 2. The van der Waals surface area contributed by atoms with E-state index >= 15 is 0 Å². The highest BCUT2D eigenvalue weighted by molar-refractivity contribution is 7.98. The minimum Gasteiger partial charge on any atom is -0.355 e. The first-order valence-corrected chi connectivity index (χ1v) is 16.2. The third-order valence-corrected chi connectivity index (χ3v) is 9.62. The van der Waals surface area contributed by atoms with Crippen LogP contribution in [0.2, 0.25) is 10.0 Å². The van der Waals surface area contributed by atoms with E-state index in [0.29, 0.717) is 34.3 Å². The molecule has 7 nitrogen and oxygen atoms in total. The second-order valence-corrected chi connectivity index (χ2v) is 12.6. The average Bonchev–Trinajstić information content (AvgIpc) is 2.93.